The van der Waals surface area contributed by atoms with Crippen LogP contribution >= 0.6 is 0 Å². The van der Waals surface area contributed by atoms with Gasteiger partial charge in [-0.3, -0.25) is 4.79 Å². The van der Waals surface area contributed by atoms with Gasteiger partial charge in [0.05, 0.1) is 11.7 Å². The Balaban J connectivity index is 2.01. The number of Topliss-reactive ketones (excluding diaryl/α,β-unsaturated/α-hetero) is 1. The van der Waals surface area contributed by atoms with E-state index in [2.05, 4.69) is 34.3 Å². The fourth-order valence-electron chi connectivity index (χ4n) is 6.15. The standard InChI is InChI=1S/C20H32O3/c1-7-19(5)16(22)12-14-18(4)10-9-15(21)17(2,3)13(18)8-11-20(14,6)23-19/h7,13-15,21H,1,8-12H2,2-6H3/t13-,14+,15+,18-,19+,20+/m1/s1. The molecule has 1 heterocycles. The second-order valence-corrected chi connectivity index (χ2v) is 9.38. The lowest BCUT2D eigenvalue weighted by Gasteiger charge is -2.65. The SMILES string of the molecule is C=C[C@]1(C)O[C@@]2(C)CC[C@@H]3C(C)(C)[C@@H](O)CC[C@@]3(C)[C@@H]2CC1=O. The quantitative estimate of drug-likeness (QED) is 0.746. The van der Waals surface area contributed by atoms with E-state index in [1.165, 1.54) is 0 Å². The average molecular weight is 320 g/mol. The molecule has 3 aliphatic rings. The zero-order valence-electron chi connectivity index (χ0n) is 15.3. The summed E-state index contributed by atoms with van der Waals surface area (Å²) < 4.78 is 6.41. The molecule has 6 atom stereocenters. The largest absolute Gasteiger partial charge is 0.393 e. The van der Waals surface area contributed by atoms with E-state index in [1.54, 1.807) is 6.08 Å². The predicted octanol–water partition coefficient (Wildman–Crippen LogP) is 3.89. The van der Waals surface area contributed by atoms with Crippen LogP contribution in [-0.4, -0.2) is 28.2 Å². The summed E-state index contributed by atoms with van der Waals surface area (Å²) in [7, 11) is 0. The lowest BCUT2D eigenvalue weighted by molar-refractivity contribution is -0.251. The topological polar surface area (TPSA) is 46.5 Å². The number of rotatable bonds is 1. The van der Waals surface area contributed by atoms with Crippen LogP contribution in [0, 0.1) is 22.7 Å². The first-order chi connectivity index (χ1) is 10.5. The number of ketones is 1. The summed E-state index contributed by atoms with van der Waals surface area (Å²) in [5.74, 6) is 0.808. The second kappa shape index (κ2) is 4.92. The fraction of sp³-hybridized carbons (Fsp3) is 0.850. The summed E-state index contributed by atoms with van der Waals surface area (Å²) in [6.45, 7) is 14.6. The van der Waals surface area contributed by atoms with Crippen molar-refractivity contribution in [1.29, 1.82) is 0 Å². The lowest BCUT2D eigenvalue weighted by Crippen LogP contribution is -2.66. The maximum Gasteiger partial charge on any atom is 0.168 e. The van der Waals surface area contributed by atoms with Gasteiger partial charge in [-0.05, 0) is 56.3 Å². The van der Waals surface area contributed by atoms with Crippen LogP contribution in [0.1, 0.15) is 66.7 Å². The van der Waals surface area contributed by atoms with E-state index in [1.807, 2.05) is 6.92 Å². The second-order valence-electron chi connectivity index (χ2n) is 9.38. The number of ether oxygens (including phenoxy) is 1. The molecule has 3 rings (SSSR count). The summed E-state index contributed by atoms with van der Waals surface area (Å²) in [5, 5.41) is 10.5. The summed E-state index contributed by atoms with van der Waals surface area (Å²) in [4.78, 5) is 12.7. The van der Waals surface area contributed by atoms with E-state index < -0.39 is 5.60 Å². The molecule has 0 aromatic heterocycles. The average Bonchev–Trinajstić information content (AvgIpc) is 2.46. The van der Waals surface area contributed by atoms with Crippen LogP contribution in [0.25, 0.3) is 0 Å². The first kappa shape index (κ1) is 17.2. The third-order valence-electron chi connectivity index (χ3n) is 7.75. The summed E-state index contributed by atoms with van der Waals surface area (Å²) in [5.41, 5.74) is -1.18. The Labute approximate surface area is 140 Å². The minimum Gasteiger partial charge on any atom is -0.393 e. The van der Waals surface area contributed by atoms with E-state index >= 15 is 0 Å². The third kappa shape index (κ3) is 2.19. The normalized spacial score (nSPS) is 52.4. The molecular weight excluding hydrogens is 288 g/mol. The number of aliphatic hydroxyl groups excluding tert-OH is 1. The van der Waals surface area contributed by atoms with E-state index in [-0.39, 0.29) is 34.2 Å². The van der Waals surface area contributed by atoms with Crippen LogP contribution in [0.4, 0.5) is 0 Å². The van der Waals surface area contributed by atoms with Crippen LogP contribution in [0.2, 0.25) is 0 Å². The molecule has 3 fully saturated rings. The maximum absolute atomic E-state index is 12.7. The molecule has 0 radical (unpaired) electrons. The summed E-state index contributed by atoms with van der Waals surface area (Å²) in [6, 6.07) is 0. The van der Waals surface area contributed by atoms with E-state index in [9.17, 15) is 9.90 Å². The Hall–Kier alpha value is -0.670. The van der Waals surface area contributed by atoms with Crippen molar-refractivity contribution >= 4 is 5.78 Å². The van der Waals surface area contributed by atoms with Gasteiger partial charge >= 0.3 is 0 Å². The van der Waals surface area contributed by atoms with E-state index in [0.717, 1.165) is 25.7 Å². The maximum atomic E-state index is 12.7. The molecule has 3 heteroatoms. The molecule has 1 N–H and O–H groups in total. The van der Waals surface area contributed by atoms with Gasteiger partial charge in [0.1, 0.15) is 5.60 Å². The van der Waals surface area contributed by atoms with Crippen molar-refractivity contribution in [3.8, 4) is 0 Å². The van der Waals surface area contributed by atoms with Gasteiger partial charge in [0, 0.05) is 12.3 Å². The van der Waals surface area contributed by atoms with Crippen LogP contribution in [-0.2, 0) is 9.53 Å². The summed E-state index contributed by atoms with van der Waals surface area (Å²) >= 11 is 0. The Kier molecular flexibility index (Phi) is 3.67. The molecule has 130 valence electrons. The molecule has 0 unspecified atom stereocenters. The van der Waals surface area contributed by atoms with Crippen molar-refractivity contribution in [2.75, 3.05) is 0 Å². The van der Waals surface area contributed by atoms with E-state index in [0.29, 0.717) is 12.3 Å². The Morgan fingerprint density at radius 2 is 1.78 bits per heavy atom. The third-order valence-corrected chi connectivity index (χ3v) is 7.75. The minimum atomic E-state index is -0.849. The van der Waals surface area contributed by atoms with E-state index in [4.69, 9.17) is 4.74 Å². The zero-order chi connectivity index (χ0) is 17.3. The highest BCUT2D eigenvalue weighted by Crippen LogP contribution is 2.65. The van der Waals surface area contributed by atoms with Crippen LogP contribution in [0.3, 0.4) is 0 Å². The molecular formula is C20H32O3. The highest BCUT2D eigenvalue weighted by atomic mass is 16.5. The van der Waals surface area contributed by atoms with Gasteiger partial charge in [-0.1, -0.05) is 33.4 Å². The van der Waals surface area contributed by atoms with Gasteiger partial charge in [-0.2, -0.15) is 0 Å². The number of fused-ring (bicyclic) bond motifs is 3. The van der Waals surface area contributed by atoms with Gasteiger partial charge in [-0.15, -0.1) is 0 Å². The Bertz CT molecular complexity index is 539. The molecule has 1 saturated heterocycles. The van der Waals surface area contributed by atoms with Crippen LogP contribution in [0.15, 0.2) is 12.7 Å². The van der Waals surface area contributed by atoms with Crippen molar-refractivity contribution in [2.45, 2.75) is 84.0 Å². The zero-order valence-corrected chi connectivity index (χ0v) is 15.3. The monoisotopic (exact) mass is 320 g/mol. The number of hydrogen-bond acceptors (Lipinski definition) is 3. The Morgan fingerprint density at radius 3 is 2.39 bits per heavy atom. The Morgan fingerprint density at radius 1 is 1.13 bits per heavy atom. The molecule has 23 heavy (non-hydrogen) atoms. The molecule has 3 nitrogen and oxygen atoms in total. The fourth-order valence-corrected chi connectivity index (χ4v) is 6.15. The smallest absolute Gasteiger partial charge is 0.168 e. The first-order valence-electron chi connectivity index (χ1n) is 9.05. The number of aliphatic hydroxyl groups is 1. The number of carbonyl (C=O) groups excluding carboxylic acids is 1. The van der Waals surface area contributed by atoms with Gasteiger partial charge in [-0.25, -0.2) is 0 Å². The summed E-state index contributed by atoms with van der Waals surface area (Å²) in [6.07, 6.45) is 5.78. The van der Waals surface area contributed by atoms with Gasteiger partial charge in [0.15, 0.2) is 5.78 Å². The molecule has 2 saturated carbocycles. The van der Waals surface area contributed by atoms with Crippen LogP contribution < -0.4 is 0 Å². The van der Waals surface area contributed by atoms with Gasteiger partial charge < -0.3 is 9.84 Å². The van der Waals surface area contributed by atoms with Crippen molar-refractivity contribution in [3.63, 3.8) is 0 Å². The predicted molar refractivity (Wildman–Crippen MR) is 91.1 cm³/mol. The molecule has 0 aromatic rings. The molecule has 1 aliphatic heterocycles. The van der Waals surface area contributed by atoms with Gasteiger partial charge in [0.2, 0.25) is 0 Å². The van der Waals surface area contributed by atoms with Crippen molar-refractivity contribution in [3.05, 3.63) is 12.7 Å². The molecule has 2 aliphatic carbocycles. The van der Waals surface area contributed by atoms with Crippen molar-refractivity contribution < 1.29 is 14.6 Å². The molecule has 0 aromatic carbocycles. The molecule has 0 bridgehead atoms. The van der Waals surface area contributed by atoms with Crippen LogP contribution in [0.5, 0.6) is 0 Å². The first-order valence-corrected chi connectivity index (χ1v) is 9.05. The van der Waals surface area contributed by atoms with Crippen molar-refractivity contribution in [2.24, 2.45) is 22.7 Å². The van der Waals surface area contributed by atoms with Crippen molar-refractivity contribution in [1.82, 2.24) is 0 Å². The highest BCUT2D eigenvalue weighted by molar-refractivity contribution is 5.90. The van der Waals surface area contributed by atoms with Gasteiger partial charge in [0.25, 0.3) is 0 Å². The highest BCUT2D eigenvalue weighted by Gasteiger charge is 2.64. The molecule has 0 amide bonds. The number of hydrogen-bond donors (Lipinski definition) is 1. The lowest BCUT2D eigenvalue weighted by atomic mass is 9.43. The molecule has 0 spiro atoms. The minimum absolute atomic E-state index is 0.0495. The number of carbonyl (C=O) groups is 1.